The first-order valence-corrected chi connectivity index (χ1v) is 9.09. The molecule has 0 saturated carbocycles. The Morgan fingerprint density at radius 2 is 1.88 bits per heavy atom. The molecule has 1 atom stereocenters. The third-order valence-corrected chi connectivity index (χ3v) is 4.89. The molecule has 1 aliphatic rings. The Bertz CT molecular complexity index is 700. The van der Waals surface area contributed by atoms with E-state index in [9.17, 15) is 4.39 Å². The van der Waals surface area contributed by atoms with Crippen molar-refractivity contribution in [3.63, 3.8) is 0 Å². The van der Waals surface area contributed by atoms with E-state index in [1.165, 1.54) is 5.56 Å². The molecule has 1 N–H and O–H groups in total. The van der Waals surface area contributed by atoms with Crippen LogP contribution in [0.4, 0.5) is 4.39 Å². The van der Waals surface area contributed by atoms with Crippen molar-refractivity contribution in [1.82, 2.24) is 10.2 Å². The molecule has 5 heteroatoms. The molecular formula is C21H27FN2O2. The zero-order valence-corrected chi connectivity index (χ0v) is 15.5. The van der Waals surface area contributed by atoms with Crippen LogP contribution in [0.2, 0.25) is 0 Å². The van der Waals surface area contributed by atoms with E-state index in [1.54, 1.807) is 20.1 Å². The highest BCUT2D eigenvalue weighted by atomic mass is 19.1. The van der Waals surface area contributed by atoms with Gasteiger partial charge in [0.25, 0.3) is 0 Å². The number of methoxy groups -OCH3 is 1. The van der Waals surface area contributed by atoms with Crippen LogP contribution >= 0.6 is 0 Å². The molecule has 1 aliphatic heterocycles. The predicted octanol–water partition coefficient (Wildman–Crippen LogP) is 3.31. The summed E-state index contributed by atoms with van der Waals surface area (Å²) in [7, 11) is 1.68. The Hall–Kier alpha value is -1.95. The van der Waals surface area contributed by atoms with Gasteiger partial charge in [0, 0.05) is 32.2 Å². The Morgan fingerprint density at radius 1 is 1.15 bits per heavy atom. The van der Waals surface area contributed by atoms with Gasteiger partial charge >= 0.3 is 0 Å². The molecule has 1 heterocycles. The Labute approximate surface area is 154 Å². The van der Waals surface area contributed by atoms with Crippen molar-refractivity contribution in [3.8, 4) is 5.75 Å². The first-order valence-electron chi connectivity index (χ1n) is 9.09. The van der Waals surface area contributed by atoms with Gasteiger partial charge in [-0.2, -0.15) is 0 Å². The van der Waals surface area contributed by atoms with Gasteiger partial charge in [-0.25, -0.2) is 4.39 Å². The van der Waals surface area contributed by atoms with E-state index in [4.69, 9.17) is 9.47 Å². The van der Waals surface area contributed by atoms with E-state index in [1.807, 2.05) is 24.3 Å². The minimum absolute atomic E-state index is 0.149. The summed E-state index contributed by atoms with van der Waals surface area (Å²) >= 11 is 0. The number of nitrogens with one attached hydrogen (secondary N) is 1. The van der Waals surface area contributed by atoms with Crippen molar-refractivity contribution in [2.45, 2.75) is 19.5 Å². The monoisotopic (exact) mass is 358 g/mol. The number of aryl methyl sites for hydroxylation is 1. The summed E-state index contributed by atoms with van der Waals surface area (Å²) in [5.41, 5.74) is 2.89. The average Bonchev–Trinajstić information content (AvgIpc) is 2.69. The quantitative estimate of drug-likeness (QED) is 0.823. The van der Waals surface area contributed by atoms with Crippen molar-refractivity contribution in [2.24, 2.45) is 0 Å². The zero-order chi connectivity index (χ0) is 18.4. The third kappa shape index (κ3) is 4.81. The highest BCUT2D eigenvalue weighted by Gasteiger charge is 2.22. The number of halogens is 1. The molecule has 0 bridgehead atoms. The summed E-state index contributed by atoms with van der Waals surface area (Å²) in [6.07, 6.45) is 0. The Kier molecular flexibility index (Phi) is 6.61. The van der Waals surface area contributed by atoms with Gasteiger partial charge in [-0.1, -0.05) is 24.3 Å². The highest BCUT2D eigenvalue weighted by Crippen LogP contribution is 2.24. The second-order valence-electron chi connectivity index (χ2n) is 6.65. The molecule has 4 nitrogen and oxygen atoms in total. The van der Waals surface area contributed by atoms with Gasteiger partial charge in [0.05, 0.1) is 20.3 Å². The first kappa shape index (κ1) is 18.8. The summed E-state index contributed by atoms with van der Waals surface area (Å²) in [5.74, 6) is 0.710. The van der Waals surface area contributed by atoms with Gasteiger partial charge in [0.15, 0.2) is 0 Å². The molecule has 140 valence electrons. The lowest BCUT2D eigenvalue weighted by Gasteiger charge is -2.35. The maximum atomic E-state index is 13.7. The molecule has 1 unspecified atom stereocenters. The zero-order valence-electron chi connectivity index (χ0n) is 15.5. The van der Waals surface area contributed by atoms with Crippen LogP contribution in [0.1, 0.15) is 22.7 Å². The number of morpholine rings is 1. The normalized spacial score (nSPS) is 16.4. The second-order valence-corrected chi connectivity index (χ2v) is 6.65. The number of rotatable bonds is 7. The Balaban J connectivity index is 1.67. The standard InChI is InChI=1S/C21H27FN2O2/c1-16-3-4-17(13-20(16)22)14-23-15-21(24-9-11-26-12-10-24)18-5-7-19(25-2)8-6-18/h3-8,13,21,23H,9-12,14-15H2,1-2H3. The van der Waals surface area contributed by atoms with Crippen molar-refractivity contribution >= 4 is 0 Å². The first-order chi connectivity index (χ1) is 12.7. The summed E-state index contributed by atoms with van der Waals surface area (Å²) in [4.78, 5) is 2.44. The maximum Gasteiger partial charge on any atom is 0.126 e. The molecule has 0 radical (unpaired) electrons. The lowest BCUT2D eigenvalue weighted by Crippen LogP contribution is -2.42. The summed E-state index contributed by atoms with van der Waals surface area (Å²) in [6.45, 7) is 6.57. The van der Waals surface area contributed by atoms with E-state index >= 15 is 0 Å². The summed E-state index contributed by atoms with van der Waals surface area (Å²) in [5, 5.41) is 3.49. The molecule has 1 saturated heterocycles. The number of benzene rings is 2. The lowest BCUT2D eigenvalue weighted by molar-refractivity contribution is 0.0161. The number of hydrogen-bond donors (Lipinski definition) is 1. The average molecular weight is 358 g/mol. The van der Waals surface area contributed by atoms with Crippen LogP contribution < -0.4 is 10.1 Å². The largest absolute Gasteiger partial charge is 0.497 e. The van der Waals surface area contributed by atoms with E-state index in [-0.39, 0.29) is 11.9 Å². The van der Waals surface area contributed by atoms with Crippen LogP contribution in [-0.2, 0) is 11.3 Å². The molecule has 0 aliphatic carbocycles. The molecular weight excluding hydrogens is 331 g/mol. The van der Waals surface area contributed by atoms with Gasteiger partial charge < -0.3 is 14.8 Å². The van der Waals surface area contributed by atoms with Crippen molar-refractivity contribution in [2.75, 3.05) is 40.0 Å². The molecule has 0 spiro atoms. The van der Waals surface area contributed by atoms with E-state index < -0.39 is 0 Å². The molecule has 0 amide bonds. The minimum Gasteiger partial charge on any atom is -0.497 e. The Morgan fingerprint density at radius 3 is 2.54 bits per heavy atom. The van der Waals surface area contributed by atoms with Crippen molar-refractivity contribution in [1.29, 1.82) is 0 Å². The fraction of sp³-hybridized carbons (Fsp3) is 0.429. The third-order valence-electron chi connectivity index (χ3n) is 4.89. The topological polar surface area (TPSA) is 33.7 Å². The fourth-order valence-corrected chi connectivity index (χ4v) is 3.27. The lowest BCUT2D eigenvalue weighted by atomic mass is 10.0. The highest BCUT2D eigenvalue weighted by molar-refractivity contribution is 5.29. The van der Waals surface area contributed by atoms with Gasteiger partial charge in [-0.15, -0.1) is 0 Å². The predicted molar refractivity (Wildman–Crippen MR) is 101 cm³/mol. The van der Waals surface area contributed by atoms with E-state index in [0.717, 1.165) is 44.2 Å². The second kappa shape index (κ2) is 9.12. The number of hydrogen-bond acceptors (Lipinski definition) is 4. The molecule has 2 aromatic carbocycles. The molecule has 1 fully saturated rings. The smallest absolute Gasteiger partial charge is 0.126 e. The van der Waals surface area contributed by atoms with Crippen LogP contribution in [0.15, 0.2) is 42.5 Å². The molecule has 3 rings (SSSR count). The minimum atomic E-state index is -0.149. The van der Waals surface area contributed by atoms with Gasteiger partial charge in [0.1, 0.15) is 11.6 Å². The fourth-order valence-electron chi connectivity index (χ4n) is 3.27. The van der Waals surface area contributed by atoms with E-state index in [0.29, 0.717) is 12.1 Å². The summed E-state index contributed by atoms with van der Waals surface area (Å²) in [6, 6.07) is 13.9. The summed E-state index contributed by atoms with van der Waals surface area (Å²) < 4.78 is 24.5. The van der Waals surface area contributed by atoms with Crippen LogP contribution in [0.3, 0.4) is 0 Å². The molecule has 26 heavy (non-hydrogen) atoms. The van der Waals surface area contributed by atoms with Crippen molar-refractivity contribution < 1.29 is 13.9 Å². The van der Waals surface area contributed by atoms with Crippen LogP contribution in [0.25, 0.3) is 0 Å². The number of ether oxygens (including phenoxy) is 2. The van der Waals surface area contributed by atoms with Gasteiger partial charge in [-0.3, -0.25) is 4.90 Å². The van der Waals surface area contributed by atoms with E-state index in [2.05, 4.69) is 22.3 Å². The molecule has 0 aromatic heterocycles. The maximum absolute atomic E-state index is 13.7. The van der Waals surface area contributed by atoms with Crippen LogP contribution in [0, 0.1) is 12.7 Å². The molecule has 2 aromatic rings. The van der Waals surface area contributed by atoms with Gasteiger partial charge in [-0.05, 0) is 41.8 Å². The van der Waals surface area contributed by atoms with Crippen molar-refractivity contribution in [3.05, 3.63) is 65.0 Å². The van der Waals surface area contributed by atoms with Gasteiger partial charge in [0.2, 0.25) is 0 Å². The number of nitrogens with zero attached hydrogens (tertiary/aromatic N) is 1. The SMILES string of the molecule is COc1ccc(C(CNCc2ccc(C)c(F)c2)N2CCOCC2)cc1. The van der Waals surface area contributed by atoms with Crippen LogP contribution in [-0.4, -0.2) is 44.9 Å². The van der Waals surface area contributed by atoms with Crippen LogP contribution in [0.5, 0.6) is 5.75 Å².